The third-order valence-electron chi connectivity index (χ3n) is 3.37. The Labute approximate surface area is 127 Å². The van der Waals surface area contributed by atoms with Crippen LogP contribution in [0.5, 0.6) is 0 Å². The molecular formula is C16H17N3OS. The van der Waals surface area contributed by atoms with Gasteiger partial charge in [0.15, 0.2) is 5.13 Å². The number of thiazole rings is 1. The van der Waals surface area contributed by atoms with Crippen LogP contribution in [-0.2, 0) is 4.79 Å². The molecular weight excluding hydrogens is 282 g/mol. The van der Waals surface area contributed by atoms with E-state index in [-0.39, 0.29) is 11.9 Å². The summed E-state index contributed by atoms with van der Waals surface area (Å²) < 4.78 is 0. The molecule has 2 N–H and O–H groups in total. The van der Waals surface area contributed by atoms with Crippen molar-refractivity contribution >= 4 is 34.5 Å². The first kappa shape index (κ1) is 14.0. The standard InChI is InChI=1S/C16H17N3OS/c20-15(14-7-4-10-17-14)19-16-18-13(11-21-16)9-8-12-5-2-1-3-6-12/h1-3,5-6,8-9,11,14,17H,4,7,10H2,(H,18,19,20)/b9-8+. The highest BCUT2D eigenvalue weighted by Gasteiger charge is 2.22. The highest BCUT2D eigenvalue weighted by atomic mass is 32.1. The zero-order chi connectivity index (χ0) is 14.5. The van der Waals surface area contributed by atoms with Crippen molar-refractivity contribution in [3.63, 3.8) is 0 Å². The average Bonchev–Trinajstić information content (AvgIpc) is 3.18. The van der Waals surface area contributed by atoms with Crippen molar-refractivity contribution < 1.29 is 4.79 Å². The summed E-state index contributed by atoms with van der Waals surface area (Å²) in [6, 6.07) is 10.00. The molecule has 1 amide bonds. The van der Waals surface area contributed by atoms with Gasteiger partial charge in [0.05, 0.1) is 11.7 Å². The Morgan fingerprint density at radius 1 is 1.33 bits per heavy atom. The van der Waals surface area contributed by atoms with Gasteiger partial charge in [-0.25, -0.2) is 4.98 Å². The van der Waals surface area contributed by atoms with Crippen LogP contribution in [0.25, 0.3) is 12.2 Å². The predicted octanol–water partition coefficient (Wildman–Crippen LogP) is 3.00. The lowest BCUT2D eigenvalue weighted by molar-refractivity contribution is -0.117. The fourth-order valence-electron chi connectivity index (χ4n) is 2.27. The highest BCUT2D eigenvalue weighted by Crippen LogP contribution is 2.18. The van der Waals surface area contributed by atoms with Crippen LogP contribution < -0.4 is 10.6 Å². The number of nitrogens with zero attached hydrogens (tertiary/aromatic N) is 1. The Hall–Kier alpha value is -1.98. The van der Waals surface area contributed by atoms with Gasteiger partial charge in [0.2, 0.25) is 5.91 Å². The minimum Gasteiger partial charge on any atom is -0.306 e. The van der Waals surface area contributed by atoms with Gasteiger partial charge in [-0.15, -0.1) is 11.3 Å². The van der Waals surface area contributed by atoms with E-state index in [2.05, 4.69) is 15.6 Å². The van der Waals surface area contributed by atoms with Gasteiger partial charge >= 0.3 is 0 Å². The largest absolute Gasteiger partial charge is 0.306 e. The molecule has 1 aromatic heterocycles. The van der Waals surface area contributed by atoms with Crippen molar-refractivity contribution in [1.82, 2.24) is 10.3 Å². The summed E-state index contributed by atoms with van der Waals surface area (Å²) in [5, 5.41) is 8.65. The highest BCUT2D eigenvalue weighted by molar-refractivity contribution is 7.14. The van der Waals surface area contributed by atoms with Gasteiger partial charge in [-0.2, -0.15) is 0 Å². The summed E-state index contributed by atoms with van der Waals surface area (Å²) >= 11 is 1.45. The van der Waals surface area contributed by atoms with Gasteiger partial charge in [0.1, 0.15) is 0 Å². The maximum Gasteiger partial charge on any atom is 0.243 e. The number of carbonyl (C=O) groups is 1. The van der Waals surface area contributed by atoms with Crippen LogP contribution in [-0.4, -0.2) is 23.5 Å². The van der Waals surface area contributed by atoms with Crippen molar-refractivity contribution in [1.29, 1.82) is 0 Å². The molecule has 2 aromatic rings. The minimum absolute atomic E-state index is 0.0143. The SMILES string of the molecule is O=C(Nc1nc(/C=C/c2ccccc2)cs1)C1CCCN1. The summed E-state index contributed by atoms with van der Waals surface area (Å²) in [5.41, 5.74) is 1.99. The Morgan fingerprint density at radius 3 is 2.95 bits per heavy atom. The minimum atomic E-state index is -0.0720. The predicted molar refractivity (Wildman–Crippen MR) is 87.1 cm³/mol. The second kappa shape index (κ2) is 6.65. The lowest BCUT2D eigenvalue weighted by Gasteiger charge is -2.08. The molecule has 0 bridgehead atoms. The molecule has 0 spiro atoms. The first-order valence-electron chi connectivity index (χ1n) is 7.04. The summed E-state index contributed by atoms with van der Waals surface area (Å²) in [7, 11) is 0. The van der Waals surface area contributed by atoms with Crippen LogP contribution in [0.3, 0.4) is 0 Å². The summed E-state index contributed by atoms with van der Waals surface area (Å²) in [6.45, 7) is 0.918. The second-order valence-corrected chi connectivity index (χ2v) is 5.82. The molecule has 1 aliphatic rings. The van der Waals surface area contributed by atoms with Crippen molar-refractivity contribution in [2.24, 2.45) is 0 Å². The summed E-state index contributed by atoms with van der Waals surface area (Å²) in [5.74, 6) is 0.0143. The lowest BCUT2D eigenvalue weighted by atomic mass is 10.2. The van der Waals surface area contributed by atoms with E-state index in [0.29, 0.717) is 5.13 Å². The number of aromatic nitrogens is 1. The Balaban J connectivity index is 1.61. The maximum absolute atomic E-state index is 12.0. The number of benzene rings is 1. The fourth-order valence-corrected chi connectivity index (χ4v) is 2.95. The quantitative estimate of drug-likeness (QED) is 0.912. The summed E-state index contributed by atoms with van der Waals surface area (Å²) in [6.07, 6.45) is 5.92. The molecule has 1 saturated heterocycles. The average molecular weight is 299 g/mol. The van der Waals surface area contributed by atoms with E-state index in [1.54, 1.807) is 0 Å². The topological polar surface area (TPSA) is 54.0 Å². The molecule has 4 nitrogen and oxygen atoms in total. The molecule has 1 atom stereocenters. The molecule has 2 heterocycles. The molecule has 1 aromatic carbocycles. The van der Waals surface area contributed by atoms with E-state index in [1.807, 2.05) is 47.9 Å². The number of nitrogens with one attached hydrogen (secondary N) is 2. The number of rotatable bonds is 4. The summed E-state index contributed by atoms with van der Waals surface area (Å²) in [4.78, 5) is 16.4. The van der Waals surface area contributed by atoms with E-state index in [9.17, 15) is 4.79 Å². The van der Waals surface area contributed by atoms with Gasteiger partial charge in [0, 0.05) is 5.38 Å². The van der Waals surface area contributed by atoms with Crippen LogP contribution >= 0.6 is 11.3 Å². The zero-order valence-electron chi connectivity index (χ0n) is 11.6. The van der Waals surface area contributed by atoms with Crippen molar-refractivity contribution in [2.75, 3.05) is 11.9 Å². The molecule has 1 aliphatic heterocycles. The van der Waals surface area contributed by atoms with Crippen LogP contribution in [0.15, 0.2) is 35.7 Å². The van der Waals surface area contributed by atoms with Crippen molar-refractivity contribution in [2.45, 2.75) is 18.9 Å². The number of hydrogen-bond acceptors (Lipinski definition) is 4. The van der Waals surface area contributed by atoms with E-state index in [0.717, 1.165) is 30.6 Å². The zero-order valence-corrected chi connectivity index (χ0v) is 12.4. The molecule has 108 valence electrons. The first-order chi connectivity index (χ1) is 10.3. The Kier molecular flexibility index (Phi) is 4.43. The molecule has 0 aliphatic carbocycles. The maximum atomic E-state index is 12.0. The molecule has 1 unspecified atom stereocenters. The van der Waals surface area contributed by atoms with Crippen LogP contribution in [0, 0.1) is 0 Å². The smallest absolute Gasteiger partial charge is 0.243 e. The first-order valence-corrected chi connectivity index (χ1v) is 7.92. The van der Waals surface area contributed by atoms with E-state index in [4.69, 9.17) is 0 Å². The van der Waals surface area contributed by atoms with Gasteiger partial charge in [0.25, 0.3) is 0 Å². The van der Waals surface area contributed by atoms with Crippen LogP contribution in [0.2, 0.25) is 0 Å². The normalized spacial score (nSPS) is 18.2. The van der Waals surface area contributed by atoms with E-state index in [1.165, 1.54) is 11.3 Å². The number of hydrogen-bond donors (Lipinski definition) is 2. The molecule has 5 heteroatoms. The van der Waals surface area contributed by atoms with Crippen molar-refractivity contribution in [3.8, 4) is 0 Å². The van der Waals surface area contributed by atoms with E-state index < -0.39 is 0 Å². The Morgan fingerprint density at radius 2 is 2.19 bits per heavy atom. The molecule has 1 fully saturated rings. The lowest BCUT2D eigenvalue weighted by Crippen LogP contribution is -2.35. The van der Waals surface area contributed by atoms with Gasteiger partial charge < -0.3 is 10.6 Å². The van der Waals surface area contributed by atoms with Gasteiger partial charge in [-0.05, 0) is 31.0 Å². The monoisotopic (exact) mass is 299 g/mol. The fraction of sp³-hybridized carbons (Fsp3) is 0.250. The van der Waals surface area contributed by atoms with Crippen LogP contribution in [0.1, 0.15) is 24.1 Å². The Bertz CT molecular complexity index is 630. The third-order valence-corrected chi connectivity index (χ3v) is 4.15. The number of amides is 1. The number of carbonyl (C=O) groups excluding carboxylic acids is 1. The van der Waals surface area contributed by atoms with Crippen molar-refractivity contribution in [3.05, 3.63) is 47.0 Å². The third kappa shape index (κ3) is 3.77. The molecule has 21 heavy (non-hydrogen) atoms. The van der Waals surface area contributed by atoms with Gasteiger partial charge in [-0.1, -0.05) is 36.4 Å². The number of anilines is 1. The second-order valence-electron chi connectivity index (χ2n) is 4.96. The van der Waals surface area contributed by atoms with Crippen LogP contribution in [0.4, 0.5) is 5.13 Å². The molecule has 0 radical (unpaired) electrons. The molecule has 3 rings (SSSR count). The van der Waals surface area contributed by atoms with Gasteiger partial charge in [-0.3, -0.25) is 4.79 Å². The van der Waals surface area contributed by atoms with E-state index >= 15 is 0 Å². The molecule has 0 saturated carbocycles.